The Morgan fingerprint density at radius 2 is 1.51 bits per heavy atom. The first-order chi connectivity index (χ1) is 16.9. The Kier molecular flexibility index (Phi) is 13.5. The molecule has 0 bridgehead atoms. The smallest absolute Gasteiger partial charge is 0.338 e. The van der Waals surface area contributed by atoms with E-state index in [1.54, 1.807) is 0 Å². The van der Waals surface area contributed by atoms with Crippen molar-refractivity contribution < 1.29 is 39.1 Å². The molecule has 9 heteroatoms. The molecular formula is C26H47NO8. The van der Waals surface area contributed by atoms with Crippen molar-refractivity contribution in [3.8, 4) is 0 Å². The first-order valence-corrected chi connectivity index (χ1v) is 13.6. The lowest BCUT2D eigenvalue weighted by Crippen LogP contribution is -2.64. The number of hydrogen-bond donors (Lipinski definition) is 4. The summed E-state index contributed by atoms with van der Waals surface area (Å²) >= 11 is 0. The van der Waals surface area contributed by atoms with Crippen LogP contribution in [0.1, 0.15) is 103 Å². The molecule has 204 valence electrons. The van der Waals surface area contributed by atoms with Crippen molar-refractivity contribution >= 4 is 11.9 Å². The summed E-state index contributed by atoms with van der Waals surface area (Å²) in [6.45, 7) is 1.80. The molecule has 9 nitrogen and oxygen atoms in total. The molecule has 2 rings (SSSR count). The van der Waals surface area contributed by atoms with E-state index < -0.39 is 36.2 Å². The van der Waals surface area contributed by atoms with Gasteiger partial charge in [-0.1, -0.05) is 77.6 Å². The third kappa shape index (κ3) is 9.61. The molecule has 0 aromatic carbocycles. The van der Waals surface area contributed by atoms with Crippen LogP contribution in [0.2, 0.25) is 0 Å². The number of ether oxygens (including phenoxy) is 3. The van der Waals surface area contributed by atoms with Crippen molar-refractivity contribution in [2.45, 2.75) is 127 Å². The Balaban J connectivity index is 1.63. The number of carboxylic acids is 1. The number of hydrogen-bond acceptors (Lipinski definition) is 7. The number of aliphatic hydroxyl groups excluding tert-OH is 2. The van der Waals surface area contributed by atoms with Crippen LogP contribution in [0, 0.1) is 0 Å². The summed E-state index contributed by atoms with van der Waals surface area (Å²) in [6, 6.07) is 0. The standard InChI is InChI=1S/C26H47NO8/c1-2-3-4-5-6-7-8-9-10-11-12-13-16-27-22(30)17-25(19-29)20-33-26(23(35-25)24(31)32)15-14-21(18-28)34-26/h21,23,28-29H,2-20H2,1H3,(H,27,30)(H,31,32)/t21-,23?,25?,26-/m1/s1. The van der Waals surface area contributed by atoms with Gasteiger partial charge in [-0.3, -0.25) is 4.79 Å². The molecular weight excluding hydrogens is 454 g/mol. The maximum Gasteiger partial charge on any atom is 0.338 e. The van der Waals surface area contributed by atoms with Crippen LogP contribution in [-0.4, -0.2) is 77.2 Å². The summed E-state index contributed by atoms with van der Waals surface area (Å²) in [5.74, 6) is -3.12. The fourth-order valence-corrected chi connectivity index (χ4v) is 4.91. The predicted molar refractivity (Wildman–Crippen MR) is 131 cm³/mol. The molecule has 2 aliphatic rings. The summed E-state index contributed by atoms with van der Waals surface area (Å²) in [5, 5.41) is 31.8. The molecule has 2 heterocycles. The van der Waals surface area contributed by atoms with Crippen molar-refractivity contribution in [2.24, 2.45) is 0 Å². The quantitative estimate of drug-likeness (QED) is 0.210. The highest BCUT2D eigenvalue weighted by atomic mass is 16.8. The number of rotatable bonds is 18. The molecule has 1 spiro atoms. The van der Waals surface area contributed by atoms with E-state index in [1.807, 2.05) is 0 Å². The second-order valence-corrected chi connectivity index (χ2v) is 10.2. The first kappa shape index (κ1) is 30.0. The van der Waals surface area contributed by atoms with E-state index in [4.69, 9.17) is 14.2 Å². The summed E-state index contributed by atoms with van der Waals surface area (Å²) < 4.78 is 17.2. The van der Waals surface area contributed by atoms with Gasteiger partial charge in [-0.25, -0.2) is 4.79 Å². The van der Waals surface area contributed by atoms with Gasteiger partial charge in [0.15, 0.2) is 0 Å². The van der Waals surface area contributed by atoms with Crippen molar-refractivity contribution in [2.75, 3.05) is 26.4 Å². The van der Waals surface area contributed by atoms with Crippen LogP contribution in [0.3, 0.4) is 0 Å². The number of unbranched alkanes of at least 4 members (excludes halogenated alkanes) is 11. The Morgan fingerprint density at radius 1 is 0.914 bits per heavy atom. The monoisotopic (exact) mass is 501 g/mol. The number of aliphatic carboxylic acids is 1. The molecule has 2 unspecified atom stereocenters. The maximum absolute atomic E-state index is 12.5. The fourth-order valence-electron chi connectivity index (χ4n) is 4.91. The lowest BCUT2D eigenvalue weighted by Gasteiger charge is -2.46. The van der Waals surface area contributed by atoms with E-state index in [0.29, 0.717) is 13.0 Å². The third-order valence-electron chi connectivity index (χ3n) is 7.08. The molecule has 2 aliphatic heterocycles. The normalized spacial score (nSPS) is 28.4. The van der Waals surface area contributed by atoms with E-state index >= 15 is 0 Å². The lowest BCUT2D eigenvalue weighted by atomic mass is 9.95. The van der Waals surface area contributed by atoms with Gasteiger partial charge in [0.2, 0.25) is 17.8 Å². The molecule has 0 saturated carbocycles. The summed E-state index contributed by atoms with van der Waals surface area (Å²) in [5.41, 5.74) is -1.45. The van der Waals surface area contributed by atoms with Crippen LogP contribution in [0.25, 0.3) is 0 Å². The predicted octanol–water partition coefficient (Wildman–Crippen LogP) is 3.29. The fraction of sp³-hybridized carbons (Fsp3) is 0.923. The molecule has 0 aromatic rings. The number of carbonyl (C=O) groups excluding carboxylic acids is 1. The molecule has 2 saturated heterocycles. The van der Waals surface area contributed by atoms with Crippen LogP contribution < -0.4 is 5.32 Å². The molecule has 0 aromatic heterocycles. The van der Waals surface area contributed by atoms with Gasteiger partial charge in [0.05, 0.1) is 32.3 Å². The SMILES string of the molecule is CCCCCCCCCCCCCCNC(=O)CC1(CO)CO[C@@]2(CC[C@H](CO)O2)C(C(=O)O)O1. The first-order valence-electron chi connectivity index (χ1n) is 13.6. The second-order valence-electron chi connectivity index (χ2n) is 10.2. The third-order valence-corrected chi connectivity index (χ3v) is 7.08. The second kappa shape index (κ2) is 15.8. The Morgan fingerprint density at radius 3 is 2.03 bits per heavy atom. The van der Waals surface area contributed by atoms with Gasteiger partial charge in [-0.2, -0.15) is 0 Å². The molecule has 35 heavy (non-hydrogen) atoms. The number of carbonyl (C=O) groups is 2. The van der Waals surface area contributed by atoms with Crippen LogP contribution in [0.15, 0.2) is 0 Å². The summed E-state index contributed by atoms with van der Waals surface area (Å²) in [4.78, 5) is 24.4. The molecule has 4 N–H and O–H groups in total. The summed E-state index contributed by atoms with van der Waals surface area (Å²) in [6.07, 6.45) is 13.4. The zero-order valence-electron chi connectivity index (χ0n) is 21.5. The van der Waals surface area contributed by atoms with Gasteiger partial charge >= 0.3 is 5.97 Å². The Hall–Kier alpha value is -1.26. The highest BCUT2D eigenvalue weighted by molar-refractivity contribution is 5.77. The van der Waals surface area contributed by atoms with Gasteiger partial charge in [-0.05, 0) is 12.8 Å². The van der Waals surface area contributed by atoms with E-state index in [-0.39, 0.29) is 32.0 Å². The topological polar surface area (TPSA) is 135 Å². The largest absolute Gasteiger partial charge is 0.479 e. The van der Waals surface area contributed by atoms with Gasteiger partial charge < -0.3 is 34.8 Å². The average molecular weight is 502 g/mol. The lowest BCUT2D eigenvalue weighted by molar-refractivity contribution is -0.355. The Labute approximate surface area is 209 Å². The van der Waals surface area contributed by atoms with Crippen LogP contribution in [-0.2, 0) is 23.8 Å². The van der Waals surface area contributed by atoms with Crippen LogP contribution in [0.4, 0.5) is 0 Å². The number of amides is 1. The highest BCUT2D eigenvalue weighted by Gasteiger charge is 2.59. The Bertz CT molecular complexity index is 632. The van der Waals surface area contributed by atoms with E-state index in [1.165, 1.54) is 57.8 Å². The van der Waals surface area contributed by atoms with Gasteiger partial charge in [0, 0.05) is 13.0 Å². The molecule has 1 amide bonds. The maximum atomic E-state index is 12.5. The van der Waals surface area contributed by atoms with E-state index in [0.717, 1.165) is 19.3 Å². The minimum atomic E-state index is -1.51. The van der Waals surface area contributed by atoms with E-state index in [9.17, 15) is 24.9 Å². The zero-order chi connectivity index (χ0) is 25.6. The minimum Gasteiger partial charge on any atom is -0.479 e. The van der Waals surface area contributed by atoms with Crippen molar-refractivity contribution in [3.05, 3.63) is 0 Å². The number of aliphatic hydroxyl groups is 2. The number of nitrogens with one attached hydrogen (secondary N) is 1. The molecule has 0 radical (unpaired) electrons. The zero-order valence-corrected chi connectivity index (χ0v) is 21.5. The average Bonchev–Trinajstić information content (AvgIpc) is 3.27. The molecule has 0 aliphatic carbocycles. The van der Waals surface area contributed by atoms with Gasteiger partial charge in [0.25, 0.3) is 0 Å². The molecule has 4 atom stereocenters. The minimum absolute atomic E-state index is 0.169. The highest BCUT2D eigenvalue weighted by Crippen LogP contribution is 2.42. The van der Waals surface area contributed by atoms with Crippen LogP contribution in [0.5, 0.6) is 0 Å². The number of carboxylic acid groups (broad SMARTS) is 1. The van der Waals surface area contributed by atoms with Crippen LogP contribution >= 0.6 is 0 Å². The molecule has 2 fully saturated rings. The van der Waals surface area contributed by atoms with Crippen molar-refractivity contribution in [1.82, 2.24) is 5.32 Å². The van der Waals surface area contributed by atoms with E-state index in [2.05, 4.69) is 12.2 Å². The summed E-state index contributed by atoms with van der Waals surface area (Å²) in [7, 11) is 0. The van der Waals surface area contributed by atoms with Gasteiger partial charge in [0.1, 0.15) is 5.60 Å². The van der Waals surface area contributed by atoms with Crippen molar-refractivity contribution in [1.29, 1.82) is 0 Å². The van der Waals surface area contributed by atoms with Crippen molar-refractivity contribution in [3.63, 3.8) is 0 Å². The van der Waals surface area contributed by atoms with Gasteiger partial charge in [-0.15, -0.1) is 0 Å².